The first-order valence-electron chi connectivity index (χ1n) is 26.0. The summed E-state index contributed by atoms with van der Waals surface area (Å²) in [5, 5.41) is 28.3. The predicted octanol–water partition coefficient (Wildman–Crippen LogP) is 11.8. The van der Waals surface area contributed by atoms with Crippen LogP contribution in [0.5, 0.6) is 0 Å². The van der Waals surface area contributed by atoms with Crippen molar-refractivity contribution >= 4 is 63.8 Å². The lowest BCUT2D eigenvalue weighted by Gasteiger charge is -2.20. The van der Waals surface area contributed by atoms with Gasteiger partial charge in [-0.05, 0) is 87.6 Å². The van der Waals surface area contributed by atoms with Gasteiger partial charge in [-0.2, -0.15) is 10.2 Å². The number of thiazole rings is 2. The number of Topliss-reactive ketones (excluding diaryl/α,β-unsaturated/α-hetero) is 1. The number of rotatable bonds is 19. The van der Waals surface area contributed by atoms with Crippen LogP contribution in [0.15, 0.2) is 98.1 Å². The molecule has 0 bridgehead atoms. The molecule has 80 heavy (non-hydrogen) atoms. The average Bonchev–Trinajstić information content (AvgIpc) is 4.28. The minimum absolute atomic E-state index is 0.0436. The number of hydrogen-bond acceptors (Lipinski definition) is 18. The summed E-state index contributed by atoms with van der Waals surface area (Å²) in [6.45, 7) is 24.9. The van der Waals surface area contributed by atoms with Crippen molar-refractivity contribution < 1.29 is 33.7 Å². The molecule has 0 fully saturated rings. The highest BCUT2D eigenvalue weighted by Gasteiger charge is 2.22. The van der Waals surface area contributed by atoms with Crippen molar-refractivity contribution in [2.45, 2.75) is 125 Å². The van der Waals surface area contributed by atoms with Gasteiger partial charge >= 0.3 is 12.1 Å². The molecule has 8 rings (SSSR count). The quantitative estimate of drug-likeness (QED) is 0.0550. The number of carbonyl (C=O) groups excluding carboxylic acids is 2. The summed E-state index contributed by atoms with van der Waals surface area (Å²) in [6.07, 6.45) is 14.5. The number of aromatic nitrogens is 10. The Morgan fingerprint density at radius 1 is 0.625 bits per heavy atom. The number of benzene rings is 2. The summed E-state index contributed by atoms with van der Waals surface area (Å²) in [6, 6.07) is 16.0. The molecule has 0 aliphatic carbocycles. The molecule has 1 amide bonds. The van der Waals surface area contributed by atoms with Crippen LogP contribution in [0.25, 0.3) is 22.5 Å². The number of nitrogens with zero attached hydrogens (tertiary/aromatic N) is 10. The van der Waals surface area contributed by atoms with Gasteiger partial charge in [0, 0.05) is 80.1 Å². The molecule has 6 heterocycles. The fraction of sp³-hybridized carbons (Fsp3) is 0.397. The maximum atomic E-state index is 12.7. The van der Waals surface area contributed by atoms with Crippen molar-refractivity contribution in [3.05, 3.63) is 140 Å². The smallest absolute Gasteiger partial charge is 0.407 e. The molecule has 0 atom stereocenters. The number of carboxylic acid groups (broad SMARTS) is 1. The lowest BCUT2D eigenvalue weighted by Crippen LogP contribution is -2.32. The third-order valence-electron chi connectivity index (χ3n) is 11.6. The van der Waals surface area contributed by atoms with Crippen LogP contribution >= 0.6 is 22.7 Å². The summed E-state index contributed by atoms with van der Waals surface area (Å²) in [4.78, 5) is 62.6. The molecular formula is C58H73N13O7S2. The third-order valence-corrected chi connectivity index (χ3v) is 14.5. The molecule has 2 aromatic carbocycles. The zero-order valence-electron chi connectivity index (χ0n) is 47.9. The first-order valence-corrected chi connectivity index (χ1v) is 27.6. The molecular weight excluding hydrogens is 1050 g/mol. The predicted molar refractivity (Wildman–Crippen MR) is 313 cm³/mol. The largest absolute Gasteiger partial charge is 0.477 e. The second-order valence-corrected chi connectivity index (χ2v) is 23.7. The molecule has 0 aliphatic heterocycles. The van der Waals surface area contributed by atoms with E-state index in [1.54, 1.807) is 54.6 Å². The third kappa shape index (κ3) is 19.0. The zero-order chi connectivity index (χ0) is 58.2. The topological polar surface area (TPSA) is 248 Å². The second kappa shape index (κ2) is 27.9. The van der Waals surface area contributed by atoms with E-state index in [1.165, 1.54) is 28.9 Å². The molecule has 0 spiro atoms. The Hall–Kier alpha value is -7.79. The number of hydrogen-bond donors (Lipinski definition) is 4. The Morgan fingerprint density at radius 2 is 1.10 bits per heavy atom. The number of anilines is 4. The fourth-order valence-electron chi connectivity index (χ4n) is 7.40. The Kier molecular flexibility index (Phi) is 21.4. The lowest BCUT2D eigenvalue weighted by molar-refractivity contribution is 0.0522. The Labute approximate surface area is 475 Å². The number of amides is 1. The number of ketones is 1. The lowest BCUT2D eigenvalue weighted by atomic mass is 9.98. The number of ether oxygens (including phenoxy) is 3. The van der Waals surface area contributed by atoms with E-state index in [9.17, 15) is 14.4 Å². The van der Waals surface area contributed by atoms with Gasteiger partial charge < -0.3 is 35.3 Å². The van der Waals surface area contributed by atoms with Gasteiger partial charge in [-0.1, -0.05) is 65.8 Å². The Bertz CT molecular complexity index is 3330. The van der Waals surface area contributed by atoms with Crippen molar-refractivity contribution in [1.29, 1.82) is 0 Å². The minimum Gasteiger partial charge on any atom is -0.477 e. The van der Waals surface area contributed by atoms with Crippen LogP contribution in [0.2, 0.25) is 0 Å². The van der Waals surface area contributed by atoms with Gasteiger partial charge in [0.15, 0.2) is 5.78 Å². The van der Waals surface area contributed by atoms with E-state index >= 15 is 0 Å². The fourth-order valence-corrected chi connectivity index (χ4v) is 9.15. The second-order valence-electron chi connectivity index (χ2n) is 21.7. The van der Waals surface area contributed by atoms with Gasteiger partial charge in [0.05, 0.1) is 82.5 Å². The van der Waals surface area contributed by atoms with Gasteiger partial charge in [-0.15, -0.1) is 22.7 Å². The van der Waals surface area contributed by atoms with Crippen LogP contribution in [-0.4, -0.2) is 105 Å². The van der Waals surface area contributed by atoms with Gasteiger partial charge in [0.25, 0.3) is 0 Å². The summed E-state index contributed by atoms with van der Waals surface area (Å²) >= 11 is 2.74. The van der Waals surface area contributed by atoms with Crippen molar-refractivity contribution in [3.8, 4) is 22.5 Å². The summed E-state index contributed by atoms with van der Waals surface area (Å²) < 4.78 is 19.0. The number of nitrogens with one attached hydrogen (secondary N) is 3. The highest BCUT2D eigenvalue weighted by Crippen LogP contribution is 2.30. The van der Waals surface area contributed by atoms with Crippen molar-refractivity contribution in [2.24, 2.45) is 0 Å². The van der Waals surface area contributed by atoms with E-state index in [2.05, 4.69) is 95.9 Å². The SMILES string of the molecule is CC(C)(C)c1ncc(C(=O)O)s1.COCCn1cc(Nc2nccc(-c3ccc(CCC(=O)c4cnc(C(C)(C)C)s4)c(C)c3)n2)cn1.COCCn1cc(Nc2nccc(-c3ccc(CNC(=O)OC(C)(C)C)c(C)c3)n2)cn1. The number of alkyl carbamates (subject to hydrolysis) is 1. The normalized spacial score (nSPS) is 11.5. The van der Waals surface area contributed by atoms with Crippen LogP contribution in [0.3, 0.4) is 0 Å². The number of carbonyl (C=O) groups is 3. The van der Waals surface area contributed by atoms with E-state index in [1.807, 2.05) is 97.3 Å². The average molecular weight is 1130 g/mol. The van der Waals surface area contributed by atoms with E-state index < -0.39 is 17.7 Å². The highest BCUT2D eigenvalue weighted by atomic mass is 32.1. The minimum atomic E-state index is -0.900. The molecule has 4 N–H and O–H groups in total. The van der Waals surface area contributed by atoms with Gasteiger partial charge in [-0.25, -0.2) is 39.5 Å². The molecule has 20 nitrogen and oxygen atoms in total. The highest BCUT2D eigenvalue weighted by molar-refractivity contribution is 7.14. The molecule has 8 aromatic rings. The molecule has 424 valence electrons. The number of carboxylic acids is 1. The van der Waals surface area contributed by atoms with Crippen LogP contribution in [-0.2, 0) is 51.1 Å². The first-order chi connectivity index (χ1) is 37.9. The molecule has 0 unspecified atom stereocenters. The number of aromatic carboxylic acids is 1. The van der Waals surface area contributed by atoms with Gasteiger partial charge in [0.2, 0.25) is 11.9 Å². The number of methoxy groups -OCH3 is 2. The van der Waals surface area contributed by atoms with Gasteiger partial charge in [0.1, 0.15) is 10.5 Å². The van der Waals surface area contributed by atoms with Gasteiger partial charge in [-0.3, -0.25) is 14.2 Å². The summed E-state index contributed by atoms with van der Waals surface area (Å²) in [7, 11) is 3.33. The maximum Gasteiger partial charge on any atom is 0.407 e. The molecule has 0 saturated carbocycles. The van der Waals surface area contributed by atoms with E-state index in [4.69, 9.17) is 19.3 Å². The van der Waals surface area contributed by atoms with Crippen LogP contribution < -0.4 is 16.0 Å². The molecule has 22 heteroatoms. The van der Waals surface area contributed by atoms with E-state index in [-0.39, 0.29) is 16.6 Å². The van der Waals surface area contributed by atoms with Crippen molar-refractivity contribution in [1.82, 2.24) is 54.8 Å². The molecule has 0 aliphatic rings. The summed E-state index contributed by atoms with van der Waals surface area (Å²) in [5.74, 6) is 0.235. The monoisotopic (exact) mass is 1130 g/mol. The molecule has 0 saturated heterocycles. The molecule has 0 radical (unpaired) electrons. The van der Waals surface area contributed by atoms with Crippen LogP contribution in [0.1, 0.15) is 120 Å². The Morgan fingerprint density at radius 3 is 1.52 bits per heavy atom. The maximum absolute atomic E-state index is 12.7. The zero-order valence-corrected chi connectivity index (χ0v) is 49.5. The van der Waals surface area contributed by atoms with Crippen LogP contribution in [0.4, 0.5) is 28.1 Å². The van der Waals surface area contributed by atoms with E-state index in [0.717, 1.165) is 71.0 Å². The standard InChI is InChI=1S/C27H32N6O2S.C23H30N6O3.C8H11NO2S/c1-18-14-20(7-6-19(18)8-9-23(34)24-16-29-25(36-24)27(2,3)4)22-10-11-28-26(32-22)31-21-15-30-33(17-21)12-13-35-5;1-16-12-17(6-7-18(16)13-25-22(30)32-23(2,3)4)20-8-9-24-21(28-20)27-19-14-26-29(15-19)10-11-31-5;1-8(2,3)7-9-4-5(12-7)6(10)11/h6-7,10-11,14-17H,8-9,12-13H2,1-5H3,(H,28,31,32);6-9,12,14-15H,10-11,13H2,1-5H3,(H,25,30)(H,24,27,28);4H,1-3H3,(H,10,11). The van der Waals surface area contributed by atoms with Crippen molar-refractivity contribution in [3.63, 3.8) is 0 Å². The molecule has 6 aromatic heterocycles. The van der Waals surface area contributed by atoms with Crippen molar-refractivity contribution in [2.75, 3.05) is 38.1 Å². The summed E-state index contributed by atoms with van der Waals surface area (Å²) in [5.41, 5.74) is 8.92. The van der Waals surface area contributed by atoms with Crippen LogP contribution in [0, 0.1) is 13.8 Å². The number of aryl methyl sites for hydroxylation is 3. The van der Waals surface area contributed by atoms with E-state index in [0.29, 0.717) is 62.5 Å². The first kappa shape index (κ1) is 61.4. The Balaban J connectivity index is 0.000000215.